The first-order valence-corrected chi connectivity index (χ1v) is 9.44. The molecule has 0 aromatic heterocycles. The molecule has 0 radical (unpaired) electrons. The Morgan fingerprint density at radius 2 is 1.90 bits per heavy atom. The van der Waals surface area contributed by atoms with Crippen molar-refractivity contribution in [3.63, 3.8) is 0 Å². The van der Waals surface area contributed by atoms with Crippen LogP contribution in [0.15, 0.2) is 24.3 Å². The smallest absolute Gasteiger partial charge is 0.218 e. The summed E-state index contributed by atoms with van der Waals surface area (Å²) in [7, 11) is -3.22. The van der Waals surface area contributed by atoms with E-state index in [9.17, 15) is 8.42 Å². The molecule has 0 bridgehead atoms. The molecule has 0 spiro atoms. The Balaban J connectivity index is 2.00. The van der Waals surface area contributed by atoms with E-state index in [2.05, 4.69) is 6.92 Å². The van der Waals surface area contributed by atoms with Crippen molar-refractivity contribution < 1.29 is 8.42 Å². The molecule has 0 aliphatic carbocycles. The van der Waals surface area contributed by atoms with Gasteiger partial charge in [0.15, 0.2) is 0 Å². The normalized spacial score (nSPS) is 21.1. The van der Waals surface area contributed by atoms with Crippen LogP contribution >= 0.6 is 0 Å². The molecule has 1 heterocycles. The quantitative estimate of drug-likeness (QED) is 0.850. The van der Waals surface area contributed by atoms with Gasteiger partial charge in [0.2, 0.25) is 10.0 Å². The molecule has 1 aromatic rings. The number of nitrogens with zero attached hydrogens (tertiary/aromatic N) is 1. The zero-order valence-corrected chi connectivity index (χ0v) is 13.6. The predicted octanol–water partition coefficient (Wildman–Crippen LogP) is 3.00. The molecule has 5 heteroatoms. The van der Waals surface area contributed by atoms with Gasteiger partial charge < -0.3 is 5.73 Å². The fourth-order valence-electron chi connectivity index (χ4n) is 3.03. The van der Waals surface area contributed by atoms with Crippen LogP contribution < -0.4 is 5.73 Å². The van der Waals surface area contributed by atoms with E-state index < -0.39 is 10.0 Å². The van der Waals surface area contributed by atoms with E-state index in [1.807, 2.05) is 0 Å². The van der Waals surface area contributed by atoms with Crippen molar-refractivity contribution in [2.45, 2.75) is 44.8 Å². The van der Waals surface area contributed by atoms with Crippen LogP contribution in [0.5, 0.6) is 0 Å². The van der Waals surface area contributed by atoms with Crippen molar-refractivity contribution in [1.82, 2.24) is 4.31 Å². The van der Waals surface area contributed by atoms with E-state index >= 15 is 0 Å². The molecule has 0 amide bonds. The summed E-state index contributed by atoms with van der Waals surface area (Å²) >= 11 is 0. The molecule has 21 heavy (non-hydrogen) atoms. The van der Waals surface area contributed by atoms with Crippen LogP contribution in [0, 0.1) is 5.92 Å². The summed E-state index contributed by atoms with van der Waals surface area (Å²) in [6, 6.07) is 7.10. The summed E-state index contributed by atoms with van der Waals surface area (Å²) in [4.78, 5) is 0. The lowest BCUT2D eigenvalue weighted by atomic mass is 9.96. The van der Waals surface area contributed by atoms with Crippen molar-refractivity contribution in [3.05, 3.63) is 29.8 Å². The van der Waals surface area contributed by atoms with Crippen LogP contribution in [0.2, 0.25) is 0 Å². The first-order valence-electron chi connectivity index (χ1n) is 7.83. The van der Waals surface area contributed by atoms with Gasteiger partial charge in [-0.2, -0.15) is 0 Å². The molecular weight excluding hydrogens is 284 g/mol. The summed E-state index contributed by atoms with van der Waals surface area (Å²) < 4.78 is 26.8. The largest absolute Gasteiger partial charge is 0.399 e. The summed E-state index contributed by atoms with van der Waals surface area (Å²) in [5.74, 6) is 0.762. The third-order valence-corrected chi connectivity index (χ3v) is 6.08. The van der Waals surface area contributed by atoms with Gasteiger partial charge in [-0.3, -0.25) is 0 Å². The van der Waals surface area contributed by atoms with Gasteiger partial charge >= 0.3 is 0 Å². The number of hydrogen-bond donors (Lipinski definition) is 1. The van der Waals surface area contributed by atoms with Gasteiger partial charge in [-0.15, -0.1) is 0 Å². The number of benzene rings is 1. The number of nitrogen functional groups attached to an aromatic ring is 1. The van der Waals surface area contributed by atoms with Crippen LogP contribution in [-0.4, -0.2) is 25.8 Å². The lowest BCUT2D eigenvalue weighted by Crippen LogP contribution is -2.33. The second-order valence-electron chi connectivity index (χ2n) is 5.98. The second kappa shape index (κ2) is 7.27. The van der Waals surface area contributed by atoms with E-state index in [4.69, 9.17) is 5.73 Å². The highest BCUT2D eigenvalue weighted by molar-refractivity contribution is 7.88. The third kappa shape index (κ3) is 4.71. The van der Waals surface area contributed by atoms with Crippen LogP contribution in [0.25, 0.3) is 0 Å². The lowest BCUT2D eigenvalue weighted by Gasteiger charge is -2.20. The Morgan fingerprint density at radius 1 is 1.19 bits per heavy atom. The number of hydrogen-bond acceptors (Lipinski definition) is 3. The number of nitrogens with two attached hydrogens (primary N) is 1. The molecule has 1 aromatic carbocycles. The fourth-order valence-corrected chi connectivity index (χ4v) is 4.62. The fraction of sp³-hybridized carbons (Fsp3) is 0.625. The van der Waals surface area contributed by atoms with E-state index in [-0.39, 0.29) is 5.75 Å². The van der Waals surface area contributed by atoms with Gasteiger partial charge in [0, 0.05) is 18.8 Å². The van der Waals surface area contributed by atoms with Gasteiger partial charge in [-0.25, -0.2) is 12.7 Å². The molecule has 2 N–H and O–H groups in total. The molecule has 2 rings (SSSR count). The molecule has 1 aliphatic heterocycles. The minimum atomic E-state index is -3.22. The van der Waals surface area contributed by atoms with Crippen molar-refractivity contribution in [3.8, 4) is 0 Å². The van der Waals surface area contributed by atoms with Crippen LogP contribution in [-0.2, 0) is 15.8 Å². The summed E-state index contributed by atoms with van der Waals surface area (Å²) in [5, 5.41) is 0. The van der Waals surface area contributed by atoms with Gasteiger partial charge in [0.25, 0.3) is 0 Å². The molecule has 118 valence electrons. The molecule has 1 fully saturated rings. The SMILES string of the molecule is CCCC1CCCN(S(=O)(=O)Cc2ccc(N)cc2)CC1. The number of anilines is 1. The monoisotopic (exact) mass is 310 g/mol. The van der Waals surface area contributed by atoms with Crippen molar-refractivity contribution in [2.75, 3.05) is 18.8 Å². The van der Waals surface area contributed by atoms with Crippen molar-refractivity contribution in [2.24, 2.45) is 5.92 Å². The Labute approximate surface area is 128 Å². The second-order valence-corrected chi connectivity index (χ2v) is 7.95. The van der Waals surface area contributed by atoms with Gasteiger partial charge in [-0.1, -0.05) is 31.9 Å². The Bertz CT molecular complexity index is 540. The van der Waals surface area contributed by atoms with Crippen molar-refractivity contribution >= 4 is 15.7 Å². The van der Waals surface area contributed by atoms with Gasteiger partial charge in [-0.05, 0) is 42.9 Å². The summed E-state index contributed by atoms with van der Waals surface area (Å²) in [5.41, 5.74) is 7.10. The highest BCUT2D eigenvalue weighted by Crippen LogP contribution is 2.24. The highest BCUT2D eigenvalue weighted by atomic mass is 32.2. The highest BCUT2D eigenvalue weighted by Gasteiger charge is 2.25. The minimum absolute atomic E-state index is 0.0751. The third-order valence-electron chi connectivity index (χ3n) is 4.23. The maximum Gasteiger partial charge on any atom is 0.218 e. The Hall–Kier alpha value is -1.07. The van der Waals surface area contributed by atoms with Crippen LogP contribution in [0.3, 0.4) is 0 Å². The number of sulfonamides is 1. The van der Waals surface area contributed by atoms with Gasteiger partial charge in [0.1, 0.15) is 0 Å². The van der Waals surface area contributed by atoms with Crippen LogP contribution in [0.1, 0.15) is 44.6 Å². The zero-order valence-electron chi connectivity index (χ0n) is 12.8. The number of rotatable bonds is 5. The molecule has 1 aliphatic rings. The molecule has 0 saturated carbocycles. The summed E-state index contributed by atoms with van der Waals surface area (Å²) in [6.07, 6.45) is 5.52. The standard InChI is InChI=1S/C16H26N2O2S/c1-2-4-14-5-3-11-18(12-10-14)21(19,20)13-15-6-8-16(17)9-7-15/h6-9,14H,2-5,10-13,17H2,1H3. The van der Waals surface area contributed by atoms with E-state index in [0.717, 1.165) is 24.8 Å². The predicted molar refractivity (Wildman–Crippen MR) is 87.3 cm³/mol. The maximum absolute atomic E-state index is 12.6. The van der Waals surface area contributed by atoms with E-state index in [1.54, 1.807) is 28.6 Å². The topological polar surface area (TPSA) is 63.4 Å². The average molecular weight is 310 g/mol. The molecule has 1 saturated heterocycles. The average Bonchev–Trinajstić information content (AvgIpc) is 2.68. The first kappa shape index (κ1) is 16.3. The van der Waals surface area contributed by atoms with Crippen molar-refractivity contribution in [1.29, 1.82) is 0 Å². The van der Waals surface area contributed by atoms with Gasteiger partial charge in [0.05, 0.1) is 5.75 Å². The Morgan fingerprint density at radius 3 is 2.57 bits per heavy atom. The zero-order chi connectivity index (χ0) is 15.3. The molecule has 1 unspecified atom stereocenters. The minimum Gasteiger partial charge on any atom is -0.399 e. The van der Waals surface area contributed by atoms with E-state index in [0.29, 0.717) is 24.7 Å². The maximum atomic E-state index is 12.6. The summed E-state index contributed by atoms with van der Waals surface area (Å²) in [6.45, 7) is 3.53. The lowest BCUT2D eigenvalue weighted by molar-refractivity contribution is 0.399. The Kier molecular flexibility index (Phi) is 5.65. The molecular formula is C16H26N2O2S. The molecule has 1 atom stereocenters. The first-order chi connectivity index (χ1) is 10.0. The van der Waals surface area contributed by atoms with E-state index in [1.165, 1.54) is 12.8 Å². The molecule has 4 nitrogen and oxygen atoms in total. The van der Waals surface area contributed by atoms with Crippen LogP contribution in [0.4, 0.5) is 5.69 Å².